The van der Waals surface area contributed by atoms with Crippen molar-refractivity contribution in [2.24, 2.45) is 0 Å². The minimum absolute atomic E-state index is 0.00858. The number of carbonyl (C=O) groups is 2. The number of halogens is 2. The molecule has 0 unspecified atom stereocenters. The van der Waals surface area contributed by atoms with Gasteiger partial charge in [0.2, 0.25) is 11.8 Å². The predicted molar refractivity (Wildman–Crippen MR) is 193 cm³/mol. The van der Waals surface area contributed by atoms with Crippen molar-refractivity contribution in [2.45, 2.75) is 62.0 Å². The second kappa shape index (κ2) is 16.6. The number of hydrogen-bond donors (Lipinski definition) is 1. The molecule has 0 radical (unpaired) electrons. The number of benzene rings is 4. The van der Waals surface area contributed by atoms with Crippen LogP contribution in [0.1, 0.15) is 37.0 Å². The van der Waals surface area contributed by atoms with Crippen LogP contribution in [0.2, 0.25) is 10.0 Å². The molecule has 0 heterocycles. The molecule has 0 spiro atoms. The summed E-state index contributed by atoms with van der Waals surface area (Å²) >= 11 is 14.1. The van der Waals surface area contributed by atoms with E-state index in [4.69, 9.17) is 23.2 Å². The zero-order valence-corrected chi connectivity index (χ0v) is 30.0. The molecule has 0 bridgehead atoms. The first-order valence-corrected chi connectivity index (χ1v) is 18.7. The summed E-state index contributed by atoms with van der Waals surface area (Å²) in [7, 11) is -4.20. The average molecular weight is 713 g/mol. The molecule has 2 atom stereocenters. The molecule has 4 aromatic rings. The number of carbonyl (C=O) groups excluding carboxylic acids is 2. The second-order valence-corrected chi connectivity index (χ2v) is 14.9. The fourth-order valence-electron chi connectivity index (χ4n) is 4.94. The Morgan fingerprint density at radius 1 is 0.872 bits per heavy atom. The number of nitrogens with zero attached hydrogens (tertiary/aromatic N) is 2. The summed E-state index contributed by atoms with van der Waals surface area (Å²) in [5, 5.41) is 3.69. The highest BCUT2D eigenvalue weighted by molar-refractivity contribution is 7.98. The Hall–Kier alpha value is -3.50. The minimum atomic E-state index is -4.20. The molecule has 0 aromatic heterocycles. The third kappa shape index (κ3) is 9.54. The quantitative estimate of drug-likeness (QED) is 0.135. The van der Waals surface area contributed by atoms with Crippen LogP contribution in [0.5, 0.6) is 0 Å². The third-order valence-electron chi connectivity index (χ3n) is 7.86. The molecule has 11 heteroatoms. The van der Waals surface area contributed by atoms with Crippen molar-refractivity contribution >= 4 is 62.5 Å². The maximum Gasteiger partial charge on any atom is 0.264 e. The van der Waals surface area contributed by atoms with Crippen LogP contribution in [0.25, 0.3) is 0 Å². The summed E-state index contributed by atoms with van der Waals surface area (Å²) in [5.74, 6) is -0.893. The monoisotopic (exact) mass is 711 g/mol. The van der Waals surface area contributed by atoms with E-state index in [1.807, 2.05) is 57.4 Å². The standard InChI is InChI=1S/C36H39Cl2N3O4S2/c1-5-26(3)39-36(43)34(22-27-9-7-6-8-10-27)40(23-28-13-20-32(37)33(38)21-28)35(42)24-41(29-14-11-25(2)12-15-29)47(44,45)31-18-16-30(46-4)17-19-31/h6-21,26,34H,5,22-24H2,1-4H3,(H,39,43)/t26-,34+/m1/s1. The van der Waals surface area contributed by atoms with E-state index in [1.54, 1.807) is 54.6 Å². The summed E-state index contributed by atoms with van der Waals surface area (Å²) < 4.78 is 29.6. The van der Waals surface area contributed by atoms with E-state index in [9.17, 15) is 18.0 Å². The Kier molecular flexibility index (Phi) is 12.8. The van der Waals surface area contributed by atoms with Gasteiger partial charge in [0, 0.05) is 23.9 Å². The number of amides is 2. The topological polar surface area (TPSA) is 86.8 Å². The van der Waals surface area contributed by atoms with Gasteiger partial charge in [0.05, 0.1) is 20.6 Å². The molecular formula is C36H39Cl2N3O4S2. The molecule has 4 rings (SSSR count). The van der Waals surface area contributed by atoms with Gasteiger partial charge in [-0.2, -0.15) is 0 Å². The number of nitrogens with one attached hydrogen (secondary N) is 1. The third-order valence-corrected chi connectivity index (χ3v) is 11.1. The largest absolute Gasteiger partial charge is 0.352 e. The van der Waals surface area contributed by atoms with Crippen LogP contribution in [0, 0.1) is 6.92 Å². The Balaban J connectivity index is 1.82. The first kappa shape index (κ1) is 36.3. The van der Waals surface area contributed by atoms with Gasteiger partial charge >= 0.3 is 0 Å². The maximum atomic E-state index is 14.6. The molecule has 7 nitrogen and oxygen atoms in total. The van der Waals surface area contributed by atoms with Crippen molar-refractivity contribution in [1.82, 2.24) is 10.2 Å². The van der Waals surface area contributed by atoms with E-state index >= 15 is 0 Å². The van der Waals surface area contributed by atoms with Crippen molar-refractivity contribution in [3.63, 3.8) is 0 Å². The van der Waals surface area contributed by atoms with Crippen molar-refractivity contribution in [3.05, 3.63) is 124 Å². The van der Waals surface area contributed by atoms with Gasteiger partial charge in [-0.25, -0.2) is 8.42 Å². The van der Waals surface area contributed by atoms with Gasteiger partial charge < -0.3 is 10.2 Å². The van der Waals surface area contributed by atoms with E-state index in [0.29, 0.717) is 27.7 Å². The first-order valence-electron chi connectivity index (χ1n) is 15.2. The number of rotatable bonds is 14. The van der Waals surface area contributed by atoms with E-state index in [-0.39, 0.29) is 29.8 Å². The first-order chi connectivity index (χ1) is 22.4. The second-order valence-electron chi connectivity index (χ2n) is 11.3. The van der Waals surface area contributed by atoms with Gasteiger partial charge in [0.15, 0.2) is 0 Å². The summed E-state index contributed by atoms with van der Waals surface area (Å²) in [4.78, 5) is 31.0. The van der Waals surface area contributed by atoms with Gasteiger partial charge in [-0.1, -0.05) is 84.2 Å². The highest BCUT2D eigenvalue weighted by atomic mass is 35.5. The Labute approximate surface area is 292 Å². The number of thioether (sulfide) groups is 1. The lowest BCUT2D eigenvalue weighted by Crippen LogP contribution is -2.54. The van der Waals surface area contributed by atoms with E-state index < -0.39 is 28.5 Å². The smallest absolute Gasteiger partial charge is 0.264 e. The van der Waals surface area contributed by atoms with Crippen molar-refractivity contribution in [2.75, 3.05) is 17.1 Å². The number of aryl methyl sites for hydroxylation is 1. The molecule has 0 aliphatic carbocycles. The maximum absolute atomic E-state index is 14.6. The molecule has 0 fully saturated rings. The average Bonchev–Trinajstić information content (AvgIpc) is 3.07. The van der Waals surface area contributed by atoms with Crippen LogP contribution in [0.4, 0.5) is 5.69 Å². The van der Waals surface area contributed by atoms with E-state index in [1.165, 1.54) is 28.8 Å². The molecule has 0 aliphatic heterocycles. The number of hydrogen-bond acceptors (Lipinski definition) is 5. The molecule has 47 heavy (non-hydrogen) atoms. The van der Waals surface area contributed by atoms with Gasteiger partial charge in [-0.3, -0.25) is 13.9 Å². The van der Waals surface area contributed by atoms with Gasteiger partial charge in [0.1, 0.15) is 12.6 Å². The molecule has 1 N–H and O–H groups in total. The summed E-state index contributed by atoms with van der Waals surface area (Å²) in [5.41, 5.74) is 2.75. The van der Waals surface area contributed by atoms with Crippen LogP contribution in [-0.4, -0.2) is 50.0 Å². The van der Waals surface area contributed by atoms with Crippen molar-refractivity contribution < 1.29 is 18.0 Å². The lowest BCUT2D eigenvalue weighted by molar-refractivity contribution is -0.140. The van der Waals surface area contributed by atoms with Crippen LogP contribution in [-0.2, 0) is 32.6 Å². The zero-order chi connectivity index (χ0) is 34.1. The molecule has 0 saturated carbocycles. The fraction of sp³-hybridized carbons (Fsp3) is 0.278. The molecule has 0 saturated heterocycles. The van der Waals surface area contributed by atoms with Crippen LogP contribution in [0.3, 0.4) is 0 Å². The van der Waals surface area contributed by atoms with Crippen molar-refractivity contribution in [1.29, 1.82) is 0 Å². The molecule has 248 valence electrons. The van der Waals surface area contributed by atoms with Gasteiger partial charge in [0.25, 0.3) is 10.0 Å². The lowest BCUT2D eigenvalue weighted by Gasteiger charge is -2.34. The molecule has 4 aromatic carbocycles. The van der Waals surface area contributed by atoms with Crippen LogP contribution in [0.15, 0.2) is 107 Å². The van der Waals surface area contributed by atoms with Gasteiger partial charge in [-0.15, -0.1) is 11.8 Å². The Bertz CT molecular complexity index is 1770. The minimum Gasteiger partial charge on any atom is -0.352 e. The summed E-state index contributed by atoms with van der Waals surface area (Å²) in [6.07, 6.45) is 2.81. The highest BCUT2D eigenvalue weighted by Crippen LogP contribution is 2.28. The SMILES string of the molecule is CC[C@@H](C)NC(=O)[C@H](Cc1ccccc1)N(Cc1ccc(Cl)c(Cl)c1)C(=O)CN(c1ccc(C)cc1)S(=O)(=O)c1ccc(SC)cc1. The number of sulfonamides is 1. The Morgan fingerprint density at radius 3 is 2.13 bits per heavy atom. The molecule has 0 aliphatic rings. The van der Waals surface area contributed by atoms with E-state index in [2.05, 4.69) is 5.32 Å². The molecule has 2 amide bonds. The number of anilines is 1. The Morgan fingerprint density at radius 2 is 1.53 bits per heavy atom. The summed E-state index contributed by atoms with van der Waals surface area (Å²) in [6, 6.07) is 26.8. The van der Waals surface area contributed by atoms with E-state index in [0.717, 1.165) is 20.3 Å². The van der Waals surface area contributed by atoms with Gasteiger partial charge in [-0.05, 0) is 86.2 Å². The normalized spacial score (nSPS) is 12.6. The fourth-order valence-corrected chi connectivity index (χ4v) is 7.09. The predicted octanol–water partition coefficient (Wildman–Crippen LogP) is 7.77. The summed E-state index contributed by atoms with van der Waals surface area (Å²) in [6.45, 7) is 5.21. The molecular weight excluding hydrogens is 673 g/mol. The van der Waals surface area contributed by atoms with Crippen molar-refractivity contribution in [3.8, 4) is 0 Å². The highest BCUT2D eigenvalue weighted by Gasteiger charge is 2.35. The lowest BCUT2D eigenvalue weighted by atomic mass is 10.0. The van der Waals surface area contributed by atoms with Crippen LogP contribution < -0.4 is 9.62 Å². The van der Waals surface area contributed by atoms with Crippen LogP contribution >= 0.6 is 35.0 Å². The zero-order valence-electron chi connectivity index (χ0n) is 26.8.